The minimum Gasteiger partial charge on any atom is -0.497 e. The Balaban J connectivity index is 2.14. The van der Waals surface area contributed by atoms with Crippen LogP contribution in [0.4, 0.5) is 0 Å². The van der Waals surface area contributed by atoms with E-state index in [1.165, 1.54) is 4.90 Å². The van der Waals surface area contributed by atoms with Gasteiger partial charge in [0.15, 0.2) is 11.5 Å². The average molecular weight is 320 g/mol. The van der Waals surface area contributed by atoms with Gasteiger partial charge < -0.3 is 18.9 Å². The molecular weight excluding hydrogens is 300 g/mol. The lowest BCUT2D eigenvalue weighted by Crippen LogP contribution is -1.96. The number of benzene rings is 2. The van der Waals surface area contributed by atoms with Crippen LogP contribution >= 0.6 is 11.8 Å². The molecule has 0 aliphatic carbocycles. The first-order valence-corrected chi connectivity index (χ1v) is 7.76. The van der Waals surface area contributed by atoms with Gasteiger partial charge in [0.05, 0.1) is 28.4 Å². The average Bonchev–Trinajstić information content (AvgIpc) is 2.59. The summed E-state index contributed by atoms with van der Waals surface area (Å²) < 4.78 is 21.2. The molecule has 4 nitrogen and oxygen atoms in total. The summed E-state index contributed by atoms with van der Waals surface area (Å²) in [4.78, 5) is 1.18. The molecule has 2 aromatic carbocycles. The molecule has 0 aliphatic rings. The monoisotopic (exact) mass is 320 g/mol. The van der Waals surface area contributed by atoms with Gasteiger partial charge in [-0.1, -0.05) is 0 Å². The van der Waals surface area contributed by atoms with Gasteiger partial charge in [-0.25, -0.2) is 0 Å². The molecule has 118 valence electrons. The highest BCUT2D eigenvalue weighted by Crippen LogP contribution is 2.39. The Morgan fingerprint density at radius 3 is 1.82 bits per heavy atom. The minimum absolute atomic E-state index is 0.614. The van der Waals surface area contributed by atoms with Crippen molar-refractivity contribution in [3.05, 3.63) is 42.0 Å². The van der Waals surface area contributed by atoms with Gasteiger partial charge in [-0.05, 0) is 42.0 Å². The predicted octanol–water partition coefficient (Wildman–Crippen LogP) is 4.01. The lowest BCUT2D eigenvalue weighted by Gasteiger charge is -2.14. The predicted molar refractivity (Wildman–Crippen MR) is 88.7 cm³/mol. The molecule has 0 aromatic heterocycles. The first kappa shape index (κ1) is 16.4. The lowest BCUT2D eigenvalue weighted by molar-refractivity contribution is 0.324. The van der Waals surface area contributed by atoms with E-state index in [1.54, 1.807) is 40.2 Å². The highest BCUT2D eigenvalue weighted by atomic mass is 32.2. The SMILES string of the molecule is COc1ccc(SCc2cc(OC)c(OC)c(OC)c2)cc1. The molecule has 0 saturated carbocycles. The number of hydrogen-bond acceptors (Lipinski definition) is 5. The van der Waals surface area contributed by atoms with Crippen LogP contribution in [0.5, 0.6) is 23.0 Å². The van der Waals surface area contributed by atoms with Gasteiger partial charge in [-0.3, -0.25) is 0 Å². The molecule has 5 heteroatoms. The number of rotatable bonds is 7. The summed E-state index contributed by atoms with van der Waals surface area (Å²) in [5.41, 5.74) is 1.11. The Bertz CT molecular complexity index is 586. The van der Waals surface area contributed by atoms with Gasteiger partial charge in [-0.2, -0.15) is 0 Å². The molecule has 0 unspecified atom stereocenters. The third-order valence-corrected chi connectivity index (χ3v) is 4.27. The van der Waals surface area contributed by atoms with E-state index >= 15 is 0 Å². The number of hydrogen-bond donors (Lipinski definition) is 0. The van der Waals surface area contributed by atoms with Crippen molar-refractivity contribution in [1.82, 2.24) is 0 Å². The van der Waals surface area contributed by atoms with Crippen LogP contribution in [0.15, 0.2) is 41.3 Å². The molecule has 2 aromatic rings. The summed E-state index contributed by atoms with van der Waals surface area (Å²) in [5.74, 6) is 3.63. The van der Waals surface area contributed by atoms with Crippen LogP contribution in [0.1, 0.15) is 5.56 Å². The Labute approximate surface area is 135 Å². The topological polar surface area (TPSA) is 36.9 Å². The van der Waals surface area contributed by atoms with Gasteiger partial charge in [-0.15, -0.1) is 11.8 Å². The van der Waals surface area contributed by atoms with Gasteiger partial charge in [0.1, 0.15) is 5.75 Å². The van der Waals surface area contributed by atoms with Crippen LogP contribution in [0.25, 0.3) is 0 Å². The quantitative estimate of drug-likeness (QED) is 0.720. The number of thioether (sulfide) groups is 1. The summed E-state index contributed by atoms with van der Waals surface area (Å²) in [6.07, 6.45) is 0. The van der Waals surface area contributed by atoms with Crippen molar-refractivity contribution >= 4 is 11.8 Å². The Kier molecular flexibility index (Phi) is 5.83. The molecule has 0 spiro atoms. The maximum Gasteiger partial charge on any atom is 0.203 e. The molecule has 0 heterocycles. The second-order valence-corrected chi connectivity index (χ2v) is 5.55. The second-order valence-electron chi connectivity index (χ2n) is 4.50. The largest absolute Gasteiger partial charge is 0.497 e. The number of methoxy groups -OCH3 is 4. The molecule has 0 N–H and O–H groups in total. The Morgan fingerprint density at radius 2 is 1.36 bits per heavy atom. The summed E-state index contributed by atoms with van der Waals surface area (Å²) in [6.45, 7) is 0. The third kappa shape index (κ3) is 3.80. The van der Waals surface area contributed by atoms with E-state index in [1.807, 2.05) is 36.4 Å². The molecule has 0 saturated heterocycles. The first-order valence-electron chi connectivity index (χ1n) is 6.77. The smallest absolute Gasteiger partial charge is 0.203 e. The summed E-state index contributed by atoms with van der Waals surface area (Å²) in [7, 11) is 6.51. The molecule has 0 bridgehead atoms. The Morgan fingerprint density at radius 1 is 0.773 bits per heavy atom. The summed E-state index contributed by atoms with van der Waals surface area (Å²) in [5, 5.41) is 0. The highest BCUT2D eigenvalue weighted by Gasteiger charge is 2.13. The fourth-order valence-corrected chi connectivity index (χ4v) is 2.89. The van der Waals surface area contributed by atoms with Crippen molar-refractivity contribution in [3.63, 3.8) is 0 Å². The maximum atomic E-state index is 5.37. The zero-order valence-corrected chi connectivity index (χ0v) is 14.0. The van der Waals surface area contributed by atoms with E-state index in [9.17, 15) is 0 Å². The molecular formula is C17H20O4S. The van der Waals surface area contributed by atoms with Crippen LogP contribution in [0.3, 0.4) is 0 Å². The fourth-order valence-electron chi connectivity index (χ4n) is 2.06. The molecule has 0 radical (unpaired) electrons. The van der Waals surface area contributed by atoms with Gasteiger partial charge >= 0.3 is 0 Å². The van der Waals surface area contributed by atoms with Crippen LogP contribution < -0.4 is 18.9 Å². The van der Waals surface area contributed by atoms with Crippen LogP contribution in [0, 0.1) is 0 Å². The zero-order chi connectivity index (χ0) is 15.9. The van der Waals surface area contributed by atoms with E-state index in [0.29, 0.717) is 17.2 Å². The maximum absolute atomic E-state index is 5.37. The van der Waals surface area contributed by atoms with Crippen LogP contribution in [-0.4, -0.2) is 28.4 Å². The van der Waals surface area contributed by atoms with E-state index in [0.717, 1.165) is 17.1 Å². The Hall–Kier alpha value is -2.01. The molecule has 0 atom stereocenters. The van der Waals surface area contributed by atoms with E-state index in [4.69, 9.17) is 18.9 Å². The van der Waals surface area contributed by atoms with Crippen molar-refractivity contribution in [1.29, 1.82) is 0 Å². The summed E-state index contributed by atoms with van der Waals surface area (Å²) in [6, 6.07) is 11.9. The van der Waals surface area contributed by atoms with Crippen molar-refractivity contribution in [2.45, 2.75) is 10.6 Å². The van der Waals surface area contributed by atoms with Gasteiger partial charge in [0, 0.05) is 10.6 Å². The van der Waals surface area contributed by atoms with Gasteiger partial charge in [0.2, 0.25) is 5.75 Å². The van der Waals surface area contributed by atoms with Crippen LogP contribution in [0.2, 0.25) is 0 Å². The standard InChI is InChI=1S/C17H20O4S/c1-18-13-5-7-14(8-6-13)22-11-12-9-15(19-2)17(21-4)16(10-12)20-3/h5-10H,11H2,1-4H3. The number of ether oxygens (including phenoxy) is 4. The minimum atomic E-state index is 0.614. The normalized spacial score (nSPS) is 10.2. The molecule has 2 rings (SSSR count). The zero-order valence-electron chi connectivity index (χ0n) is 13.2. The molecule has 22 heavy (non-hydrogen) atoms. The van der Waals surface area contributed by atoms with Crippen molar-refractivity contribution in [2.24, 2.45) is 0 Å². The van der Waals surface area contributed by atoms with E-state index in [-0.39, 0.29) is 0 Å². The van der Waals surface area contributed by atoms with E-state index < -0.39 is 0 Å². The van der Waals surface area contributed by atoms with Crippen LogP contribution in [-0.2, 0) is 5.75 Å². The van der Waals surface area contributed by atoms with Crippen molar-refractivity contribution in [2.75, 3.05) is 28.4 Å². The molecule has 0 aliphatic heterocycles. The first-order chi connectivity index (χ1) is 10.7. The van der Waals surface area contributed by atoms with Crippen molar-refractivity contribution in [3.8, 4) is 23.0 Å². The molecule has 0 fully saturated rings. The third-order valence-electron chi connectivity index (χ3n) is 3.19. The van der Waals surface area contributed by atoms with E-state index in [2.05, 4.69) is 0 Å². The molecule has 0 amide bonds. The lowest BCUT2D eigenvalue weighted by atomic mass is 10.2. The second kappa shape index (κ2) is 7.84. The highest BCUT2D eigenvalue weighted by molar-refractivity contribution is 7.98. The van der Waals surface area contributed by atoms with Gasteiger partial charge in [0.25, 0.3) is 0 Å². The summed E-state index contributed by atoms with van der Waals surface area (Å²) >= 11 is 1.74. The fraction of sp³-hybridized carbons (Fsp3) is 0.294. The van der Waals surface area contributed by atoms with Crippen molar-refractivity contribution < 1.29 is 18.9 Å².